The molecule has 0 saturated carbocycles. The molecular weight excluding hydrogens is 781 g/mol. The Morgan fingerprint density at radius 2 is 1.19 bits per heavy atom. The van der Waals surface area contributed by atoms with Gasteiger partial charge < -0.3 is 25.2 Å². The number of thiocarbonyl (C=S) groups is 1. The Balaban J connectivity index is 0.000000221. The normalized spacial score (nSPS) is 11.1. The summed E-state index contributed by atoms with van der Waals surface area (Å²) in [5.41, 5.74) is 12.5. The summed E-state index contributed by atoms with van der Waals surface area (Å²) < 4.78 is 14.4. The third-order valence-electron chi connectivity index (χ3n) is 8.87. The van der Waals surface area contributed by atoms with Crippen molar-refractivity contribution in [3.63, 3.8) is 0 Å². The molecule has 0 radical (unpaired) electrons. The lowest BCUT2D eigenvalue weighted by Gasteiger charge is -2.25. The quantitative estimate of drug-likeness (QED) is 0.108. The number of nitrogens with one attached hydrogen (secondary N) is 2. The predicted molar refractivity (Wildman–Crippen MR) is 245 cm³/mol. The third kappa shape index (κ3) is 14.6. The minimum absolute atomic E-state index is 0.358. The topological polar surface area (TPSA) is 155 Å². The van der Waals surface area contributed by atoms with Crippen molar-refractivity contribution in [2.75, 3.05) is 23.9 Å². The fourth-order valence-corrected chi connectivity index (χ4v) is 6.17. The van der Waals surface area contributed by atoms with Gasteiger partial charge in [-0.25, -0.2) is 23.9 Å². The molecular formula is C45H56N8O4S2. The average molecular weight is 837 g/mol. The van der Waals surface area contributed by atoms with E-state index in [1.165, 1.54) is 10.5 Å². The molecule has 0 spiro atoms. The first-order valence-corrected chi connectivity index (χ1v) is 20.2. The van der Waals surface area contributed by atoms with E-state index in [0.717, 1.165) is 80.7 Å². The number of hydrogen-bond donors (Lipinski definition) is 3. The van der Waals surface area contributed by atoms with Gasteiger partial charge in [-0.2, -0.15) is 0 Å². The van der Waals surface area contributed by atoms with Gasteiger partial charge in [0, 0.05) is 80.0 Å². The van der Waals surface area contributed by atoms with Gasteiger partial charge in [0.15, 0.2) is 0 Å². The number of carbonyl (C=O) groups excluding carboxylic acids is 2. The molecule has 4 aromatic heterocycles. The van der Waals surface area contributed by atoms with E-state index in [0.29, 0.717) is 13.1 Å². The summed E-state index contributed by atoms with van der Waals surface area (Å²) in [5.74, 6) is 0. The molecule has 0 fully saturated rings. The van der Waals surface area contributed by atoms with Crippen LogP contribution in [0.25, 0.3) is 22.1 Å². The fraction of sp³-hybridized carbons (Fsp3) is 0.356. The van der Waals surface area contributed by atoms with Crippen molar-refractivity contribution in [3.8, 4) is 0 Å². The Morgan fingerprint density at radius 1 is 0.712 bits per heavy atom. The summed E-state index contributed by atoms with van der Waals surface area (Å²) in [7, 11) is 3.41. The highest BCUT2D eigenvalue weighted by Crippen LogP contribution is 2.22. The number of fused-ring (bicyclic) bond motifs is 2. The number of nitrogens with two attached hydrogens (primary N) is 1. The molecule has 12 nitrogen and oxygen atoms in total. The Hall–Kier alpha value is -5.57. The molecule has 4 N–H and O–H groups in total. The van der Waals surface area contributed by atoms with Gasteiger partial charge in [-0.1, -0.05) is 36.5 Å². The number of rotatable bonds is 11. The molecule has 6 rings (SSSR count). The Bertz CT molecular complexity index is 2330. The van der Waals surface area contributed by atoms with Crippen LogP contribution in [0.3, 0.4) is 0 Å². The van der Waals surface area contributed by atoms with Crippen molar-refractivity contribution in [3.05, 3.63) is 120 Å². The molecule has 0 aliphatic carbocycles. The van der Waals surface area contributed by atoms with E-state index >= 15 is 0 Å². The summed E-state index contributed by atoms with van der Waals surface area (Å²) in [5, 5.41) is 2.27. The van der Waals surface area contributed by atoms with Crippen LogP contribution < -0.4 is 15.5 Å². The van der Waals surface area contributed by atoms with Crippen LogP contribution in [-0.2, 0) is 47.8 Å². The Kier molecular flexibility index (Phi) is 16.8. The Morgan fingerprint density at radius 3 is 1.69 bits per heavy atom. The Labute approximate surface area is 358 Å². The van der Waals surface area contributed by atoms with E-state index in [-0.39, 0.29) is 12.2 Å². The van der Waals surface area contributed by atoms with Gasteiger partial charge in [0.1, 0.15) is 22.5 Å². The van der Waals surface area contributed by atoms with E-state index in [1.807, 2.05) is 115 Å². The number of pyridine rings is 2. The third-order valence-corrected chi connectivity index (χ3v) is 9.41. The largest absolute Gasteiger partial charge is 0.443 e. The molecule has 0 aliphatic rings. The molecule has 0 bridgehead atoms. The minimum atomic E-state index is -0.518. The molecule has 0 atom stereocenters. The SMILES string of the molecule is CN(C(=O)OC(C)(C)C)c1cccc(CCC(=S)CCc2ccnc3[nH]ccc23)c1.CN(C(=O)OC(C)(C)C)c1cccc(CN)c1.S=NCc1ccnc2[nH]ccc12. The lowest BCUT2D eigenvalue weighted by molar-refractivity contribution is 0.0578. The number of nitrogens with zero attached hydrogens (tertiary/aromatic N) is 5. The van der Waals surface area contributed by atoms with Crippen LogP contribution in [0.4, 0.5) is 21.0 Å². The predicted octanol–water partition coefficient (Wildman–Crippen LogP) is 10.2. The second-order valence-corrected chi connectivity index (χ2v) is 16.7. The van der Waals surface area contributed by atoms with Crippen molar-refractivity contribution >= 4 is 75.1 Å². The van der Waals surface area contributed by atoms with Gasteiger partial charge in [-0.15, -0.1) is 0 Å². The lowest BCUT2D eigenvalue weighted by atomic mass is 10.0. The number of aromatic amines is 2. The number of benzene rings is 2. The highest BCUT2D eigenvalue weighted by Gasteiger charge is 2.22. The van der Waals surface area contributed by atoms with Gasteiger partial charge in [0.05, 0.1) is 6.54 Å². The number of aryl methyl sites for hydroxylation is 2. The molecule has 2 aromatic carbocycles. The second kappa shape index (κ2) is 21.4. The number of H-pyrrole nitrogens is 2. The lowest BCUT2D eigenvalue weighted by Crippen LogP contribution is -2.34. The van der Waals surface area contributed by atoms with E-state index < -0.39 is 11.2 Å². The van der Waals surface area contributed by atoms with Gasteiger partial charge >= 0.3 is 12.2 Å². The first kappa shape index (κ1) is 46.1. The number of ether oxygens (including phenoxy) is 2. The van der Waals surface area contributed by atoms with E-state index in [4.69, 9.17) is 27.4 Å². The van der Waals surface area contributed by atoms with Crippen molar-refractivity contribution in [1.82, 2.24) is 19.9 Å². The molecule has 0 unspecified atom stereocenters. The maximum absolute atomic E-state index is 12.3. The van der Waals surface area contributed by atoms with Gasteiger partial charge in [0.25, 0.3) is 0 Å². The standard InChI is InChI=1S/C24H29N3O2S.C13H20N2O2.C8H7N3S/c1-24(2,3)29-23(28)27(4)19-7-5-6-17(16-19)8-10-20(30)11-9-18-12-14-25-22-21(18)13-15-26-22;1-13(2,3)17-12(16)15(4)11-7-5-6-10(8-11)9-14;12-11-5-6-1-3-9-8-7(6)2-4-10-8/h5-7,12-16H,8-11H2,1-4H3,(H,25,26);5-8H,9,14H2,1-4H3;1-4H,5H2,(H,9,10). The van der Waals surface area contributed by atoms with E-state index in [9.17, 15) is 9.59 Å². The van der Waals surface area contributed by atoms with Crippen molar-refractivity contribution in [2.24, 2.45) is 10.1 Å². The molecule has 14 heteroatoms. The van der Waals surface area contributed by atoms with Crippen LogP contribution in [0.15, 0.2) is 102 Å². The average Bonchev–Trinajstić information content (AvgIpc) is 3.89. The van der Waals surface area contributed by atoms with Crippen molar-refractivity contribution in [1.29, 1.82) is 0 Å². The smallest absolute Gasteiger partial charge is 0.414 e. The van der Waals surface area contributed by atoms with Gasteiger partial charge in [0.2, 0.25) is 0 Å². The van der Waals surface area contributed by atoms with Crippen LogP contribution in [0.1, 0.15) is 76.6 Å². The highest BCUT2D eigenvalue weighted by molar-refractivity contribution is 7.80. The monoisotopic (exact) mass is 836 g/mol. The first-order valence-electron chi connectivity index (χ1n) is 19.4. The summed E-state index contributed by atoms with van der Waals surface area (Å²) in [4.78, 5) is 42.9. The zero-order chi connectivity index (χ0) is 43.2. The van der Waals surface area contributed by atoms with Crippen LogP contribution in [-0.4, -0.2) is 62.3 Å². The van der Waals surface area contributed by atoms with Gasteiger partial charge in [-0.3, -0.25) is 9.80 Å². The van der Waals surface area contributed by atoms with Crippen molar-refractivity contribution in [2.45, 2.75) is 91.5 Å². The summed E-state index contributed by atoms with van der Waals surface area (Å²) in [6, 6.07) is 23.6. The van der Waals surface area contributed by atoms with Crippen LogP contribution in [0.5, 0.6) is 0 Å². The summed E-state index contributed by atoms with van der Waals surface area (Å²) in [6.07, 6.45) is 10.1. The zero-order valence-corrected chi connectivity index (χ0v) is 36.9. The molecule has 6 aromatic rings. The number of carbonyl (C=O) groups is 2. The highest BCUT2D eigenvalue weighted by atomic mass is 32.1. The number of aromatic nitrogens is 4. The van der Waals surface area contributed by atoms with Gasteiger partial charge in [-0.05, 0) is 143 Å². The van der Waals surface area contributed by atoms with Crippen molar-refractivity contribution < 1.29 is 19.1 Å². The van der Waals surface area contributed by atoms with Crippen LogP contribution >= 0.6 is 12.2 Å². The van der Waals surface area contributed by atoms with E-state index in [2.05, 4.69) is 54.9 Å². The molecule has 0 aliphatic heterocycles. The first-order chi connectivity index (χ1) is 28.0. The maximum atomic E-state index is 12.3. The zero-order valence-electron chi connectivity index (χ0n) is 35.2. The summed E-state index contributed by atoms with van der Waals surface area (Å²) >= 11 is 10.2. The number of anilines is 2. The number of hydrogen-bond acceptors (Lipinski definition) is 10. The van der Waals surface area contributed by atoms with E-state index in [1.54, 1.807) is 25.2 Å². The molecule has 2 amide bonds. The number of amides is 2. The maximum Gasteiger partial charge on any atom is 0.414 e. The summed E-state index contributed by atoms with van der Waals surface area (Å²) in [6.45, 7) is 12.1. The molecule has 0 saturated heterocycles. The van der Waals surface area contributed by atoms with Crippen LogP contribution in [0.2, 0.25) is 0 Å². The fourth-order valence-electron chi connectivity index (χ4n) is 5.83. The minimum Gasteiger partial charge on any atom is -0.443 e. The second-order valence-electron chi connectivity index (χ2n) is 15.9. The van der Waals surface area contributed by atoms with Crippen LogP contribution in [0, 0.1) is 0 Å². The molecule has 312 valence electrons. The molecule has 59 heavy (non-hydrogen) atoms. The molecule has 4 heterocycles.